The SMILES string of the molecule is O=c1cc[c]c2ccc(F)cn12. The van der Waals surface area contributed by atoms with Gasteiger partial charge < -0.3 is 0 Å². The van der Waals surface area contributed by atoms with Gasteiger partial charge in [0.05, 0.1) is 5.52 Å². The van der Waals surface area contributed by atoms with Crippen LogP contribution in [0.25, 0.3) is 5.52 Å². The first-order valence-corrected chi connectivity index (χ1v) is 3.46. The Morgan fingerprint density at radius 2 is 2.17 bits per heavy atom. The molecule has 2 aromatic heterocycles. The molecule has 0 aromatic carbocycles. The Kier molecular flexibility index (Phi) is 1.43. The zero-order valence-corrected chi connectivity index (χ0v) is 6.12. The lowest BCUT2D eigenvalue weighted by molar-refractivity contribution is 0.618. The fourth-order valence-electron chi connectivity index (χ4n) is 1.05. The predicted molar refractivity (Wildman–Crippen MR) is 42.5 cm³/mol. The minimum atomic E-state index is -0.427. The Balaban J connectivity index is 2.98. The van der Waals surface area contributed by atoms with Crippen LogP contribution in [0, 0.1) is 11.9 Å². The van der Waals surface area contributed by atoms with Crippen molar-refractivity contribution >= 4 is 5.52 Å². The first kappa shape index (κ1) is 7.03. The highest BCUT2D eigenvalue weighted by molar-refractivity contribution is 5.44. The summed E-state index contributed by atoms with van der Waals surface area (Å²) in [5.74, 6) is -0.427. The second kappa shape index (κ2) is 2.44. The van der Waals surface area contributed by atoms with Gasteiger partial charge in [0, 0.05) is 18.3 Å². The van der Waals surface area contributed by atoms with Crippen LogP contribution in [0.3, 0.4) is 0 Å². The van der Waals surface area contributed by atoms with E-state index >= 15 is 0 Å². The van der Waals surface area contributed by atoms with Gasteiger partial charge in [-0.2, -0.15) is 0 Å². The van der Waals surface area contributed by atoms with Crippen LogP contribution in [-0.4, -0.2) is 4.40 Å². The molecular formula is C9H5FNO. The monoisotopic (exact) mass is 162 g/mol. The van der Waals surface area contributed by atoms with Gasteiger partial charge >= 0.3 is 0 Å². The third kappa shape index (κ3) is 0.993. The lowest BCUT2D eigenvalue weighted by atomic mass is 10.3. The van der Waals surface area contributed by atoms with E-state index in [1.807, 2.05) is 0 Å². The zero-order valence-electron chi connectivity index (χ0n) is 6.12. The van der Waals surface area contributed by atoms with E-state index in [0.29, 0.717) is 5.52 Å². The summed E-state index contributed by atoms with van der Waals surface area (Å²) in [6, 6.07) is 8.49. The van der Waals surface area contributed by atoms with Gasteiger partial charge in [-0.1, -0.05) is 0 Å². The van der Waals surface area contributed by atoms with Crippen molar-refractivity contribution in [3.63, 3.8) is 0 Å². The maximum absolute atomic E-state index is 12.6. The van der Waals surface area contributed by atoms with Crippen LogP contribution in [0.2, 0.25) is 0 Å². The summed E-state index contributed by atoms with van der Waals surface area (Å²) in [5.41, 5.74) is 0.326. The molecule has 0 unspecified atom stereocenters. The quantitative estimate of drug-likeness (QED) is 0.571. The Labute approximate surface area is 67.9 Å². The van der Waals surface area contributed by atoms with Crippen LogP contribution in [-0.2, 0) is 0 Å². The summed E-state index contributed by atoms with van der Waals surface area (Å²) in [7, 11) is 0. The molecule has 0 atom stereocenters. The van der Waals surface area contributed by atoms with Crippen LogP contribution in [0.1, 0.15) is 0 Å². The minimum absolute atomic E-state index is 0.247. The molecule has 0 N–H and O–H groups in total. The Hall–Kier alpha value is -1.64. The highest BCUT2D eigenvalue weighted by atomic mass is 19.1. The van der Waals surface area contributed by atoms with Crippen LogP contribution in [0.4, 0.5) is 4.39 Å². The number of pyridine rings is 2. The molecule has 0 spiro atoms. The highest BCUT2D eigenvalue weighted by Gasteiger charge is 1.95. The predicted octanol–water partition coefficient (Wildman–Crippen LogP) is 1.24. The zero-order chi connectivity index (χ0) is 8.55. The minimum Gasteiger partial charge on any atom is -0.281 e. The number of hydrogen-bond donors (Lipinski definition) is 0. The number of aromatic nitrogens is 1. The molecule has 0 amide bonds. The topological polar surface area (TPSA) is 21.5 Å². The van der Waals surface area contributed by atoms with Gasteiger partial charge in [-0.25, -0.2) is 4.39 Å². The Morgan fingerprint density at radius 3 is 3.00 bits per heavy atom. The molecule has 0 bridgehead atoms. The standard InChI is InChI=1S/C9H5FNO/c10-7-4-5-8-2-1-3-9(12)11(8)6-7/h1,3-6H. The second-order valence-corrected chi connectivity index (χ2v) is 2.42. The normalized spacial score (nSPS) is 10.4. The average Bonchev–Trinajstić information content (AvgIpc) is 2.07. The van der Waals surface area contributed by atoms with Crippen molar-refractivity contribution in [3.05, 3.63) is 52.7 Å². The average molecular weight is 162 g/mol. The van der Waals surface area contributed by atoms with Gasteiger partial charge in [0.2, 0.25) is 0 Å². The number of hydrogen-bond acceptors (Lipinski definition) is 1. The van der Waals surface area contributed by atoms with Crippen molar-refractivity contribution < 1.29 is 4.39 Å². The van der Waals surface area contributed by atoms with Crippen LogP contribution in [0.15, 0.2) is 35.3 Å². The largest absolute Gasteiger partial charge is 0.281 e. The number of fused-ring (bicyclic) bond motifs is 1. The molecule has 0 aliphatic heterocycles. The van der Waals surface area contributed by atoms with Crippen LogP contribution in [0.5, 0.6) is 0 Å². The fraction of sp³-hybridized carbons (Fsp3) is 0. The molecule has 0 fully saturated rings. The summed E-state index contributed by atoms with van der Waals surface area (Å²) in [5, 5.41) is 0. The van der Waals surface area contributed by atoms with Gasteiger partial charge in [-0.05, 0) is 18.2 Å². The molecule has 3 heteroatoms. The fourth-order valence-corrected chi connectivity index (χ4v) is 1.05. The smallest absolute Gasteiger partial charge is 0.255 e. The summed E-state index contributed by atoms with van der Waals surface area (Å²) in [4.78, 5) is 11.1. The van der Waals surface area contributed by atoms with Crippen molar-refractivity contribution in [2.24, 2.45) is 0 Å². The maximum Gasteiger partial charge on any atom is 0.255 e. The van der Waals surface area contributed by atoms with Crippen molar-refractivity contribution in [1.82, 2.24) is 4.40 Å². The maximum atomic E-state index is 12.6. The molecule has 12 heavy (non-hydrogen) atoms. The first-order valence-electron chi connectivity index (χ1n) is 3.46. The molecule has 1 radical (unpaired) electrons. The summed E-state index contributed by atoms with van der Waals surface area (Å²) >= 11 is 0. The van der Waals surface area contributed by atoms with Crippen molar-refractivity contribution in [2.75, 3.05) is 0 Å². The van der Waals surface area contributed by atoms with Crippen molar-refractivity contribution in [3.8, 4) is 0 Å². The number of halogens is 1. The van der Waals surface area contributed by atoms with E-state index in [1.165, 1.54) is 28.7 Å². The van der Waals surface area contributed by atoms with E-state index in [-0.39, 0.29) is 5.56 Å². The molecular weight excluding hydrogens is 157 g/mol. The second-order valence-electron chi connectivity index (χ2n) is 2.42. The molecule has 0 saturated heterocycles. The van der Waals surface area contributed by atoms with E-state index < -0.39 is 5.82 Å². The summed E-state index contributed by atoms with van der Waals surface area (Å²) < 4.78 is 13.9. The van der Waals surface area contributed by atoms with E-state index in [4.69, 9.17) is 0 Å². The first-order chi connectivity index (χ1) is 5.77. The lowest BCUT2D eigenvalue weighted by Crippen LogP contribution is -2.11. The van der Waals surface area contributed by atoms with E-state index in [1.54, 1.807) is 0 Å². The number of rotatable bonds is 0. The van der Waals surface area contributed by atoms with Crippen molar-refractivity contribution in [2.45, 2.75) is 0 Å². The molecule has 2 rings (SSSR count). The Bertz CT molecular complexity index is 475. The molecule has 0 aliphatic carbocycles. The Morgan fingerprint density at radius 1 is 1.33 bits per heavy atom. The molecule has 2 nitrogen and oxygen atoms in total. The van der Waals surface area contributed by atoms with E-state index in [2.05, 4.69) is 6.07 Å². The van der Waals surface area contributed by atoms with Gasteiger partial charge in [0.15, 0.2) is 0 Å². The highest BCUT2D eigenvalue weighted by Crippen LogP contribution is 2.00. The van der Waals surface area contributed by atoms with Gasteiger partial charge in [0.1, 0.15) is 5.82 Å². The van der Waals surface area contributed by atoms with E-state index in [9.17, 15) is 9.18 Å². The van der Waals surface area contributed by atoms with Gasteiger partial charge in [0.25, 0.3) is 5.56 Å². The third-order valence-electron chi connectivity index (χ3n) is 1.61. The lowest BCUT2D eigenvalue weighted by Gasteiger charge is -1.97. The van der Waals surface area contributed by atoms with Crippen LogP contribution >= 0.6 is 0 Å². The van der Waals surface area contributed by atoms with Gasteiger partial charge in [-0.3, -0.25) is 9.20 Å². The summed E-state index contributed by atoms with van der Waals surface area (Å²) in [6.45, 7) is 0. The molecule has 2 aromatic rings. The van der Waals surface area contributed by atoms with Crippen molar-refractivity contribution in [1.29, 1.82) is 0 Å². The van der Waals surface area contributed by atoms with Crippen LogP contribution < -0.4 is 5.56 Å². The summed E-state index contributed by atoms with van der Waals surface area (Å²) in [6.07, 6.45) is 1.15. The molecule has 0 aliphatic rings. The van der Waals surface area contributed by atoms with E-state index in [0.717, 1.165) is 6.20 Å². The molecule has 2 heterocycles. The number of nitrogens with zero attached hydrogens (tertiary/aromatic N) is 1. The third-order valence-corrected chi connectivity index (χ3v) is 1.61. The molecule has 59 valence electrons. The molecule has 0 saturated carbocycles. The van der Waals surface area contributed by atoms with Gasteiger partial charge in [-0.15, -0.1) is 0 Å².